The van der Waals surface area contributed by atoms with Crippen LogP contribution < -0.4 is 0 Å². The second kappa shape index (κ2) is 6.26. The molecular formula is C14H15Cl. The van der Waals surface area contributed by atoms with Gasteiger partial charge in [-0.25, -0.2) is 0 Å². The van der Waals surface area contributed by atoms with Gasteiger partial charge in [-0.2, -0.15) is 0 Å². The van der Waals surface area contributed by atoms with Gasteiger partial charge in [0.2, 0.25) is 0 Å². The molecule has 0 N–H and O–H groups in total. The van der Waals surface area contributed by atoms with Crippen molar-refractivity contribution in [2.75, 3.05) is 0 Å². The van der Waals surface area contributed by atoms with E-state index in [-0.39, 0.29) is 5.38 Å². The van der Waals surface area contributed by atoms with Crippen molar-refractivity contribution in [3.8, 4) is 0 Å². The molecule has 0 saturated carbocycles. The van der Waals surface area contributed by atoms with Crippen LogP contribution in [0.15, 0.2) is 66.8 Å². The van der Waals surface area contributed by atoms with Crippen LogP contribution in [0.1, 0.15) is 17.9 Å². The van der Waals surface area contributed by atoms with E-state index in [0.29, 0.717) is 0 Å². The van der Waals surface area contributed by atoms with Gasteiger partial charge in [-0.15, -0.1) is 11.6 Å². The summed E-state index contributed by atoms with van der Waals surface area (Å²) >= 11 is 6.36. The molecule has 0 aliphatic rings. The molecule has 1 unspecified atom stereocenters. The van der Waals surface area contributed by atoms with E-state index in [4.69, 9.17) is 11.6 Å². The highest BCUT2D eigenvalue weighted by Gasteiger charge is 2.09. The molecule has 0 bridgehead atoms. The summed E-state index contributed by atoms with van der Waals surface area (Å²) in [5.74, 6) is 0. The van der Waals surface area contributed by atoms with E-state index in [1.807, 2.05) is 55.5 Å². The van der Waals surface area contributed by atoms with Gasteiger partial charge in [0, 0.05) is 0 Å². The summed E-state index contributed by atoms with van der Waals surface area (Å²) in [7, 11) is 0. The first kappa shape index (κ1) is 11.8. The topological polar surface area (TPSA) is 0 Å². The normalized spacial score (nSPS) is 14.1. The largest absolute Gasteiger partial charge is 0.113 e. The fourth-order valence-electron chi connectivity index (χ4n) is 1.37. The summed E-state index contributed by atoms with van der Waals surface area (Å²) in [5, 5.41) is -0.111. The van der Waals surface area contributed by atoms with Gasteiger partial charge >= 0.3 is 0 Å². The first-order valence-corrected chi connectivity index (χ1v) is 5.37. The van der Waals surface area contributed by atoms with Crippen molar-refractivity contribution in [2.24, 2.45) is 0 Å². The van der Waals surface area contributed by atoms with Crippen LogP contribution in [0.25, 0.3) is 0 Å². The number of hydrogen-bond acceptors (Lipinski definition) is 0. The molecule has 0 aromatic heterocycles. The van der Waals surface area contributed by atoms with Crippen LogP contribution in [0.5, 0.6) is 0 Å². The van der Waals surface area contributed by atoms with Gasteiger partial charge < -0.3 is 0 Å². The maximum absolute atomic E-state index is 6.36. The molecule has 1 heteroatoms. The zero-order valence-corrected chi connectivity index (χ0v) is 9.61. The molecule has 1 aromatic rings. The van der Waals surface area contributed by atoms with Gasteiger partial charge in [0.25, 0.3) is 0 Å². The first-order chi connectivity index (χ1) is 7.29. The molecule has 0 aliphatic heterocycles. The third kappa shape index (κ3) is 3.41. The molecule has 0 nitrogen and oxygen atoms in total. The third-order valence-electron chi connectivity index (χ3n) is 2.05. The summed E-state index contributed by atoms with van der Waals surface area (Å²) in [4.78, 5) is 0. The van der Waals surface area contributed by atoms with E-state index in [1.165, 1.54) is 0 Å². The van der Waals surface area contributed by atoms with Gasteiger partial charge in [0.15, 0.2) is 0 Å². The Hall–Kier alpha value is -1.27. The lowest BCUT2D eigenvalue weighted by Crippen LogP contribution is -1.92. The van der Waals surface area contributed by atoms with Crippen molar-refractivity contribution in [1.82, 2.24) is 0 Å². The summed E-state index contributed by atoms with van der Waals surface area (Å²) < 4.78 is 0. The Labute approximate surface area is 96.6 Å². The van der Waals surface area contributed by atoms with Gasteiger partial charge in [-0.05, 0) is 18.1 Å². The molecule has 78 valence electrons. The fraction of sp³-hybridized carbons (Fsp3) is 0.143. The minimum atomic E-state index is -0.111. The molecule has 0 heterocycles. The highest BCUT2D eigenvalue weighted by Crippen LogP contribution is 2.29. The van der Waals surface area contributed by atoms with Crippen molar-refractivity contribution in [2.45, 2.75) is 12.3 Å². The smallest absolute Gasteiger partial charge is 0.0835 e. The van der Waals surface area contributed by atoms with Crippen molar-refractivity contribution in [3.63, 3.8) is 0 Å². The summed E-state index contributed by atoms with van der Waals surface area (Å²) in [6, 6.07) is 10.0. The number of allylic oxidation sites excluding steroid dienone is 5. The number of hydrogen-bond donors (Lipinski definition) is 0. The molecule has 0 radical (unpaired) electrons. The third-order valence-corrected chi connectivity index (χ3v) is 2.56. The average molecular weight is 219 g/mol. The van der Waals surface area contributed by atoms with E-state index >= 15 is 0 Å². The highest BCUT2D eigenvalue weighted by atomic mass is 35.5. The molecule has 1 rings (SSSR count). The quantitative estimate of drug-likeness (QED) is 0.510. The van der Waals surface area contributed by atoms with E-state index in [2.05, 4.69) is 6.58 Å². The van der Waals surface area contributed by atoms with Crippen LogP contribution in [0, 0.1) is 0 Å². The van der Waals surface area contributed by atoms with Crippen LogP contribution in [0.2, 0.25) is 0 Å². The number of benzene rings is 1. The number of alkyl halides is 1. The van der Waals surface area contributed by atoms with E-state index in [9.17, 15) is 0 Å². The zero-order chi connectivity index (χ0) is 11.1. The maximum atomic E-state index is 6.36. The van der Waals surface area contributed by atoms with Crippen molar-refractivity contribution >= 4 is 11.6 Å². The molecule has 0 fully saturated rings. The number of halogens is 1. The fourth-order valence-corrected chi connectivity index (χ4v) is 1.66. The Morgan fingerprint density at radius 2 is 2.00 bits per heavy atom. The summed E-state index contributed by atoms with van der Waals surface area (Å²) in [6.07, 6.45) is 7.68. The number of rotatable bonds is 4. The van der Waals surface area contributed by atoms with Gasteiger partial charge in [-0.1, -0.05) is 61.2 Å². The molecule has 0 saturated heterocycles. The Bertz CT molecular complexity index is 360. The van der Waals surface area contributed by atoms with Crippen molar-refractivity contribution < 1.29 is 0 Å². The minimum absolute atomic E-state index is 0.111. The van der Waals surface area contributed by atoms with Crippen LogP contribution in [0.3, 0.4) is 0 Å². The Kier molecular flexibility index (Phi) is 4.92. The lowest BCUT2D eigenvalue weighted by molar-refractivity contribution is 1.14. The van der Waals surface area contributed by atoms with E-state index in [1.54, 1.807) is 6.08 Å². The van der Waals surface area contributed by atoms with Gasteiger partial charge in [0.1, 0.15) is 0 Å². The Balaban J connectivity index is 2.96. The van der Waals surface area contributed by atoms with Crippen LogP contribution in [-0.4, -0.2) is 0 Å². The van der Waals surface area contributed by atoms with E-state index in [0.717, 1.165) is 11.1 Å². The van der Waals surface area contributed by atoms with Crippen LogP contribution in [-0.2, 0) is 0 Å². The van der Waals surface area contributed by atoms with Crippen molar-refractivity contribution in [1.29, 1.82) is 0 Å². The summed E-state index contributed by atoms with van der Waals surface area (Å²) in [6.45, 7) is 5.67. The van der Waals surface area contributed by atoms with E-state index < -0.39 is 0 Å². The van der Waals surface area contributed by atoms with Crippen LogP contribution >= 0.6 is 11.6 Å². The molecule has 15 heavy (non-hydrogen) atoms. The summed E-state index contributed by atoms with van der Waals surface area (Å²) in [5.41, 5.74) is 2.16. The molecule has 0 spiro atoms. The predicted octanol–water partition coefficient (Wildman–Crippen LogP) is 4.66. The van der Waals surface area contributed by atoms with Crippen molar-refractivity contribution in [3.05, 3.63) is 72.4 Å². The molecular weight excluding hydrogens is 204 g/mol. The molecule has 1 atom stereocenters. The lowest BCUT2D eigenvalue weighted by atomic mass is 10.0. The first-order valence-electron chi connectivity index (χ1n) is 4.94. The monoisotopic (exact) mass is 218 g/mol. The van der Waals surface area contributed by atoms with Gasteiger partial charge in [-0.3, -0.25) is 0 Å². The lowest BCUT2D eigenvalue weighted by Gasteiger charge is -2.10. The molecule has 1 aromatic carbocycles. The second-order valence-corrected chi connectivity index (χ2v) is 3.61. The predicted molar refractivity (Wildman–Crippen MR) is 68.1 cm³/mol. The maximum Gasteiger partial charge on any atom is 0.0835 e. The Morgan fingerprint density at radius 3 is 2.53 bits per heavy atom. The van der Waals surface area contributed by atoms with Gasteiger partial charge in [0.05, 0.1) is 5.38 Å². The standard InChI is InChI=1S/C14H15Cl/c1-3-8-12(9-4-2)14(15)13-10-6-5-7-11-13/h3-11,14H,1H2,2H3/b9-4-,12-8+. The zero-order valence-electron chi connectivity index (χ0n) is 8.86. The van der Waals surface area contributed by atoms with Crippen LogP contribution in [0.4, 0.5) is 0 Å². The second-order valence-electron chi connectivity index (χ2n) is 3.18. The highest BCUT2D eigenvalue weighted by molar-refractivity contribution is 6.22. The Morgan fingerprint density at radius 1 is 1.33 bits per heavy atom. The average Bonchev–Trinajstić information content (AvgIpc) is 2.29. The molecule has 0 amide bonds. The molecule has 0 aliphatic carbocycles. The minimum Gasteiger partial charge on any atom is -0.113 e. The SMILES string of the molecule is C=C/C=C(\C=C/C)C(Cl)c1ccccc1.